The van der Waals surface area contributed by atoms with Crippen molar-refractivity contribution in [2.45, 2.75) is 0 Å². The summed E-state index contributed by atoms with van der Waals surface area (Å²) in [4.78, 5) is 22.0. The van der Waals surface area contributed by atoms with E-state index in [0.717, 1.165) is 12.1 Å². The molecule has 0 aliphatic heterocycles. The lowest BCUT2D eigenvalue weighted by Gasteiger charge is -2.07. The fourth-order valence-electron chi connectivity index (χ4n) is 1.04. The Bertz CT molecular complexity index is 438. The summed E-state index contributed by atoms with van der Waals surface area (Å²) >= 11 is 0. The minimum Gasteiger partial charge on any atom is -0.346 e. The molecule has 0 heterocycles. The first-order valence-electron chi connectivity index (χ1n) is 4.74. The molecule has 0 saturated carbocycles. The minimum absolute atomic E-state index is 0.154. The van der Waals surface area contributed by atoms with Crippen molar-refractivity contribution in [1.82, 2.24) is 5.32 Å². The highest BCUT2D eigenvalue weighted by Crippen LogP contribution is 2.14. The van der Waals surface area contributed by atoms with E-state index in [1.165, 1.54) is 0 Å². The Kier molecular flexibility index (Phi) is 4.53. The molecule has 1 rings (SSSR count). The van der Waals surface area contributed by atoms with Crippen LogP contribution in [0.15, 0.2) is 18.2 Å². The van der Waals surface area contributed by atoms with E-state index in [1.54, 1.807) is 0 Å². The third-order valence-electron chi connectivity index (χ3n) is 1.84. The van der Waals surface area contributed by atoms with Crippen LogP contribution in [0, 0.1) is 11.6 Å². The molecule has 92 valence electrons. The maximum absolute atomic E-state index is 13.1. The minimum atomic E-state index is -0.886. The molecule has 0 fully saturated rings. The van der Waals surface area contributed by atoms with Gasteiger partial charge in [-0.2, -0.15) is 0 Å². The Morgan fingerprint density at radius 3 is 2.53 bits per heavy atom. The standard InChI is InChI=1S/C10H11F2N3O2/c11-6-1-2-8(7(12)3-6)15-10(17)5-14-9(16)4-13/h1-3H,4-5,13H2,(H,14,16)(H,15,17). The summed E-state index contributed by atoms with van der Waals surface area (Å²) in [6, 6.07) is 2.75. The molecule has 0 aliphatic rings. The van der Waals surface area contributed by atoms with Gasteiger partial charge in [0.25, 0.3) is 0 Å². The van der Waals surface area contributed by atoms with E-state index in [2.05, 4.69) is 10.6 Å². The largest absolute Gasteiger partial charge is 0.346 e. The van der Waals surface area contributed by atoms with Crippen LogP contribution < -0.4 is 16.4 Å². The number of benzene rings is 1. The van der Waals surface area contributed by atoms with Crippen LogP contribution in [-0.2, 0) is 9.59 Å². The molecular formula is C10H11F2N3O2. The Balaban J connectivity index is 2.53. The summed E-state index contributed by atoms with van der Waals surface area (Å²) in [5.41, 5.74) is 4.85. The second kappa shape index (κ2) is 5.90. The van der Waals surface area contributed by atoms with Crippen molar-refractivity contribution in [2.24, 2.45) is 5.73 Å². The number of rotatable bonds is 4. The molecule has 0 bridgehead atoms. The van der Waals surface area contributed by atoms with E-state index in [-0.39, 0.29) is 18.8 Å². The first-order chi connectivity index (χ1) is 8.02. The van der Waals surface area contributed by atoms with Crippen LogP contribution in [0.1, 0.15) is 0 Å². The highest BCUT2D eigenvalue weighted by molar-refractivity contribution is 5.94. The van der Waals surface area contributed by atoms with Gasteiger partial charge in [-0.3, -0.25) is 9.59 Å². The summed E-state index contributed by atoms with van der Waals surface area (Å²) < 4.78 is 25.7. The van der Waals surface area contributed by atoms with Crippen molar-refractivity contribution >= 4 is 17.5 Å². The molecule has 7 heteroatoms. The van der Waals surface area contributed by atoms with E-state index in [9.17, 15) is 18.4 Å². The molecular weight excluding hydrogens is 232 g/mol. The van der Waals surface area contributed by atoms with Crippen molar-refractivity contribution in [3.05, 3.63) is 29.8 Å². The van der Waals surface area contributed by atoms with Gasteiger partial charge in [-0.1, -0.05) is 0 Å². The quantitative estimate of drug-likeness (QED) is 0.694. The normalized spacial score (nSPS) is 9.82. The zero-order chi connectivity index (χ0) is 12.8. The van der Waals surface area contributed by atoms with Gasteiger partial charge in [-0.15, -0.1) is 0 Å². The molecule has 0 aliphatic carbocycles. The second-order valence-electron chi connectivity index (χ2n) is 3.15. The molecule has 17 heavy (non-hydrogen) atoms. The van der Waals surface area contributed by atoms with Gasteiger partial charge in [0, 0.05) is 6.07 Å². The number of hydrogen-bond acceptors (Lipinski definition) is 3. The maximum atomic E-state index is 13.1. The van der Waals surface area contributed by atoms with Crippen molar-refractivity contribution in [3.8, 4) is 0 Å². The summed E-state index contributed by atoms with van der Waals surface area (Å²) in [5.74, 6) is -2.75. The van der Waals surface area contributed by atoms with Gasteiger partial charge in [0.15, 0.2) is 0 Å². The van der Waals surface area contributed by atoms with Gasteiger partial charge in [0.2, 0.25) is 11.8 Å². The molecule has 4 N–H and O–H groups in total. The molecule has 0 saturated heterocycles. The second-order valence-corrected chi connectivity index (χ2v) is 3.15. The number of hydrogen-bond donors (Lipinski definition) is 3. The average Bonchev–Trinajstić information content (AvgIpc) is 2.29. The van der Waals surface area contributed by atoms with Crippen LogP contribution in [0.2, 0.25) is 0 Å². The monoisotopic (exact) mass is 243 g/mol. The molecule has 0 radical (unpaired) electrons. The van der Waals surface area contributed by atoms with Gasteiger partial charge in [0.05, 0.1) is 18.8 Å². The van der Waals surface area contributed by atoms with Gasteiger partial charge in [0.1, 0.15) is 11.6 Å². The van der Waals surface area contributed by atoms with Crippen LogP contribution in [-0.4, -0.2) is 24.9 Å². The fourth-order valence-corrected chi connectivity index (χ4v) is 1.04. The smallest absolute Gasteiger partial charge is 0.243 e. The molecule has 2 amide bonds. The average molecular weight is 243 g/mol. The number of nitrogens with two attached hydrogens (primary N) is 1. The van der Waals surface area contributed by atoms with Gasteiger partial charge < -0.3 is 16.4 Å². The molecule has 0 unspecified atom stereocenters. The molecule has 1 aromatic rings. The Morgan fingerprint density at radius 1 is 1.24 bits per heavy atom. The Labute approximate surface area is 96.0 Å². The summed E-state index contributed by atoms with van der Waals surface area (Å²) in [7, 11) is 0. The number of carbonyl (C=O) groups excluding carboxylic acids is 2. The van der Waals surface area contributed by atoms with Crippen LogP contribution in [0.4, 0.5) is 14.5 Å². The first-order valence-corrected chi connectivity index (χ1v) is 4.74. The van der Waals surface area contributed by atoms with Gasteiger partial charge >= 0.3 is 0 Å². The molecule has 0 spiro atoms. The summed E-state index contributed by atoms with van der Waals surface area (Å²) in [6.45, 7) is -0.564. The van der Waals surface area contributed by atoms with Crippen molar-refractivity contribution in [2.75, 3.05) is 18.4 Å². The van der Waals surface area contributed by atoms with Crippen LogP contribution >= 0.6 is 0 Å². The summed E-state index contributed by atoms with van der Waals surface area (Å²) in [5, 5.41) is 4.39. The third kappa shape index (κ3) is 4.15. The van der Waals surface area contributed by atoms with Crippen molar-refractivity contribution < 1.29 is 18.4 Å². The zero-order valence-electron chi connectivity index (χ0n) is 8.80. The SMILES string of the molecule is NCC(=O)NCC(=O)Nc1ccc(F)cc1F. The lowest BCUT2D eigenvalue weighted by atomic mass is 10.3. The van der Waals surface area contributed by atoms with E-state index >= 15 is 0 Å². The van der Waals surface area contributed by atoms with Crippen molar-refractivity contribution in [1.29, 1.82) is 0 Å². The van der Waals surface area contributed by atoms with Crippen LogP contribution in [0.25, 0.3) is 0 Å². The Hall–Kier alpha value is -2.02. The Morgan fingerprint density at radius 2 is 1.94 bits per heavy atom. The molecule has 5 nitrogen and oxygen atoms in total. The number of anilines is 1. The van der Waals surface area contributed by atoms with E-state index in [0.29, 0.717) is 6.07 Å². The number of halogens is 2. The lowest BCUT2D eigenvalue weighted by molar-refractivity contribution is -0.123. The number of nitrogens with one attached hydrogen (secondary N) is 2. The topological polar surface area (TPSA) is 84.2 Å². The van der Waals surface area contributed by atoms with E-state index in [4.69, 9.17) is 5.73 Å². The van der Waals surface area contributed by atoms with Gasteiger partial charge in [-0.25, -0.2) is 8.78 Å². The fraction of sp³-hybridized carbons (Fsp3) is 0.200. The third-order valence-corrected chi connectivity index (χ3v) is 1.84. The zero-order valence-corrected chi connectivity index (χ0v) is 8.80. The van der Waals surface area contributed by atoms with Crippen LogP contribution in [0.5, 0.6) is 0 Å². The van der Waals surface area contributed by atoms with Gasteiger partial charge in [-0.05, 0) is 12.1 Å². The summed E-state index contributed by atoms with van der Waals surface area (Å²) in [6.07, 6.45) is 0. The number of amides is 2. The first kappa shape index (κ1) is 13.0. The molecule has 1 aromatic carbocycles. The highest BCUT2D eigenvalue weighted by Gasteiger charge is 2.08. The molecule has 0 aromatic heterocycles. The maximum Gasteiger partial charge on any atom is 0.243 e. The highest BCUT2D eigenvalue weighted by atomic mass is 19.1. The molecule has 0 atom stereocenters. The lowest BCUT2D eigenvalue weighted by Crippen LogP contribution is -2.36. The number of carbonyl (C=O) groups is 2. The van der Waals surface area contributed by atoms with Crippen LogP contribution in [0.3, 0.4) is 0 Å². The predicted molar refractivity (Wildman–Crippen MR) is 57.1 cm³/mol. The van der Waals surface area contributed by atoms with E-state index < -0.39 is 23.4 Å². The van der Waals surface area contributed by atoms with E-state index in [1.807, 2.05) is 0 Å². The van der Waals surface area contributed by atoms with Crippen molar-refractivity contribution in [3.63, 3.8) is 0 Å². The predicted octanol–water partition coefficient (Wildman–Crippen LogP) is -0.0218.